The van der Waals surface area contributed by atoms with Gasteiger partial charge in [-0.15, -0.1) is 0 Å². The van der Waals surface area contributed by atoms with E-state index in [0.717, 1.165) is 36.2 Å². The summed E-state index contributed by atoms with van der Waals surface area (Å²) in [5.41, 5.74) is 3.13. The Labute approximate surface area is 145 Å². The van der Waals surface area contributed by atoms with Gasteiger partial charge in [0.15, 0.2) is 0 Å². The molecule has 0 aliphatic rings. The van der Waals surface area contributed by atoms with Gasteiger partial charge < -0.3 is 10.6 Å². The van der Waals surface area contributed by atoms with Crippen molar-refractivity contribution in [3.8, 4) is 0 Å². The Bertz CT molecular complexity index is 955. The minimum absolute atomic E-state index is 0.149. The summed E-state index contributed by atoms with van der Waals surface area (Å²) in [6.07, 6.45) is 1.77. The van der Waals surface area contributed by atoms with Crippen molar-refractivity contribution in [3.05, 3.63) is 58.4 Å². The van der Waals surface area contributed by atoms with Crippen molar-refractivity contribution in [1.82, 2.24) is 9.78 Å². The minimum atomic E-state index is -0.329. The van der Waals surface area contributed by atoms with E-state index >= 15 is 0 Å². The highest BCUT2D eigenvalue weighted by molar-refractivity contribution is 6.01. The highest BCUT2D eigenvalue weighted by Gasteiger charge is 2.09. The third kappa shape index (κ3) is 3.57. The molecule has 2 aromatic carbocycles. The summed E-state index contributed by atoms with van der Waals surface area (Å²) in [5.74, 6) is 0. The van der Waals surface area contributed by atoms with E-state index in [0.29, 0.717) is 11.1 Å². The molecule has 0 radical (unpaired) electrons. The Kier molecular flexibility index (Phi) is 4.88. The fourth-order valence-electron chi connectivity index (χ4n) is 2.91. The number of anilines is 2. The van der Waals surface area contributed by atoms with Crippen LogP contribution >= 0.6 is 0 Å². The summed E-state index contributed by atoms with van der Waals surface area (Å²) in [7, 11) is 0. The quantitative estimate of drug-likeness (QED) is 0.659. The lowest BCUT2D eigenvalue weighted by molar-refractivity contribution is 0.262. The molecule has 3 rings (SSSR count). The van der Waals surface area contributed by atoms with Gasteiger partial charge in [-0.25, -0.2) is 4.79 Å². The number of amides is 2. The maximum Gasteiger partial charge on any atom is 0.323 e. The molecule has 0 saturated heterocycles. The van der Waals surface area contributed by atoms with Crippen LogP contribution in [0.15, 0.2) is 47.3 Å². The molecule has 3 N–H and O–H groups in total. The van der Waals surface area contributed by atoms with Crippen LogP contribution in [-0.4, -0.2) is 15.8 Å². The molecule has 0 aliphatic heterocycles. The number of aromatic amines is 1. The maximum absolute atomic E-state index is 12.3. The highest BCUT2D eigenvalue weighted by atomic mass is 16.2. The number of para-hydroxylation sites is 1. The molecule has 130 valence electrons. The average Bonchev–Trinajstić information content (AvgIpc) is 2.91. The second-order valence-electron chi connectivity index (χ2n) is 5.91. The van der Waals surface area contributed by atoms with Crippen molar-refractivity contribution in [2.45, 2.75) is 33.2 Å². The molecule has 0 saturated carbocycles. The summed E-state index contributed by atoms with van der Waals surface area (Å²) < 4.78 is 1.83. The van der Waals surface area contributed by atoms with Gasteiger partial charge in [-0.05, 0) is 42.7 Å². The first-order valence-corrected chi connectivity index (χ1v) is 8.50. The zero-order valence-corrected chi connectivity index (χ0v) is 14.4. The number of aromatic nitrogens is 2. The first-order valence-electron chi connectivity index (χ1n) is 8.50. The number of urea groups is 1. The number of rotatable bonds is 5. The predicted molar refractivity (Wildman–Crippen MR) is 101 cm³/mol. The lowest BCUT2D eigenvalue weighted by Crippen LogP contribution is -2.20. The van der Waals surface area contributed by atoms with Gasteiger partial charge in [0, 0.05) is 17.9 Å². The molecular weight excluding hydrogens is 316 g/mol. The first kappa shape index (κ1) is 16.8. The number of benzene rings is 2. The second-order valence-corrected chi connectivity index (χ2v) is 5.91. The summed E-state index contributed by atoms with van der Waals surface area (Å²) in [4.78, 5) is 24.3. The summed E-state index contributed by atoms with van der Waals surface area (Å²) in [5, 5.41) is 9.04. The molecule has 25 heavy (non-hydrogen) atoms. The van der Waals surface area contributed by atoms with Crippen molar-refractivity contribution in [1.29, 1.82) is 0 Å². The van der Waals surface area contributed by atoms with Gasteiger partial charge in [0.25, 0.3) is 5.56 Å². The summed E-state index contributed by atoms with van der Waals surface area (Å²) >= 11 is 0. The van der Waals surface area contributed by atoms with E-state index in [1.54, 1.807) is 12.1 Å². The normalized spacial score (nSPS) is 10.8. The van der Waals surface area contributed by atoms with E-state index in [2.05, 4.69) is 22.7 Å². The van der Waals surface area contributed by atoms with Crippen LogP contribution in [0.5, 0.6) is 0 Å². The molecule has 2 amide bonds. The zero-order valence-electron chi connectivity index (χ0n) is 14.4. The van der Waals surface area contributed by atoms with E-state index in [-0.39, 0.29) is 11.6 Å². The Morgan fingerprint density at radius 1 is 1.12 bits per heavy atom. The number of nitrogens with zero attached hydrogens (tertiary/aromatic N) is 1. The number of nitrogens with one attached hydrogen (secondary N) is 3. The van der Waals surface area contributed by atoms with Crippen LogP contribution in [0.25, 0.3) is 10.9 Å². The monoisotopic (exact) mass is 338 g/mol. The Morgan fingerprint density at radius 3 is 2.68 bits per heavy atom. The van der Waals surface area contributed by atoms with Crippen molar-refractivity contribution in [2.24, 2.45) is 0 Å². The Balaban J connectivity index is 1.79. The molecule has 0 spiro atoms. The van der Waals surface area contributed by atoms with Crippen LogP contribution in [0.4, 0.5) is 16.2 Å². The molecule has 6 nitrogen and oxygen atoms in total. The van der Waals surface area contributed by atoms with E-state index in [1.807, 2.05) is 41.9 Å². The third-order valence-corrected chi connectivity index (χ3v) is 4.12. The van der Waals surface area contributed by atoms with Crippen LogP contribution in [0, 0.1) is 0 Å². The van der Waals surface area contributed by atoms with Crippen LogP contribution in [0.1, 0.15) is 25.8 Å². The molecule has 6 heteroatoms. The number of hydrogen-bond acceptors (Lipinski definition) is 2. The first-order chi connectivity index (χ1) is 12.1. The van der Waals surface area contributed by atoms with E-state index in [4.69, 9.17) is 0 Å². The summed E-state index contributed by atoms with van der Waals surface area (Å²) in [6, 6.07) is 12.7. The zero-order chi connectivity index (χ0) is 17.8. The minimum Gasteiger partial charge on any atom is -0.308 e. The number of fused-ring (bicyclic) bond motifs is 1. The third-order valence-electron chi connectivity index (χ3n) is 4.12. The van der Waals surface area contributed by atoms with Crippen LogP contribution in [-0.2, 0) is 13.0 Å². The molecule has 0 atom stereocenters. The number of carbonyl (C=O) groups excluding carboxylic acids is 1. The maximum atomic E-state index is 12.3. The lowest BCUT2D eigenvalue weighted by Gasteiger charge is -2.11. The Morgan fingerprint density at radius 2 is 1.92 bits per heavy atom. The van der Waals surface area contributed by atoms with Crippen LogP contribution in [0.3, 0.4) is 0 Å². The highest BCUT2D eigenvalue weighted by Crippen LogP contribution is 2.18. The molecule has 1 heterocycles. The number of aryl methyl sites for hydroxylation is 2. The fraction of sp³-hybridized carbons (Fsp3) is 0.263. The standard InChI is InChI=1S/C19H22N4O2/c1-3-11-23-17-10-9-14(12-15(17)18(24)22-23)20-19(25)21-16-8-6-5-7-13(16)4-2/h5-10,12H,3-4,11H2,1-2H3,(H,22,24)(H2,20,21,25). The second kappa shape index (κ2) is 7.25. The molecule has 1 aromatic heterocycles. The molecule has 0 unspecified atom stereocenters. The topological polar surface area (TPSA) is 78.9 Å². The van der Waals surface area contributed by atoms with E-state index in [1.165, 1.54) is 0 Å². The van der Waals surface area contributed by atoms with Crippen LogP contribution < -0.4 is 16.2 Å². The molecule has 3 aromatic rings. The van der Waals surface area contributed by atoms with Crippen molar-refractivity contribution in [3.63, 3.8) is 0 Å². The average molecular weight is 338 g/mol. The van der Waals surface area contributed by atoms with Crippen molar-refractivity contribution in [2.75, 3.05) is 10.6 Å². The number of carbonyl (C=O) groups is 1. The van der Waals surface area contributed by atoms with Crippen LogP contribution in [0.2, 0.25) is 0 Å². The fourth-order valence-corrected chi connectivity index (χ4v) is 2.91. The van der Waals surface area contributed by atoms with E-state index < -0.39 is 0 Å². The van der Waals surface area contributed by atoms with Gasteiger partial charge in [-0.3, -0.25) is 14.6 Å². The number of hydrogen-bond donors (Lipinski definition) is 3. The van der Waals surface area contributed by atoms with Gasteiger partial charge in [0.05, 0.1) is 10.9 Å². The largest absolute Gasteiger partial charge is 0.323 e. The molecule has 0 fully saturated rings. The van der Waals surface area contributed by atoms with Gasteiger partial charge in [0.2, 0.25) is 0 Å². The molecule has 0 aliphatic carbocycles. The molecular formula is C19H22N4O2. The van der Waals surface area contributed by atoms with Crippen molar-refractivity contribution < 1.29 is 4.79 Å². The smallest absolute Gasteiger partial charge is 0.308 e. The van der Waals surface area contributed by atoms with Gasteiger partial charge in [-0.1, -0.05) is 32.0 Å². The lowest BCUT2D eigenvalue weighted by atomic mass is 10.1. The van der Waals surface area contributed by atoms with Gasteiger partial charge in [-0.2, -0.15) is 0 Å². The van der Waals surface area contributed by atoms with Crippen molar-refractivity contribution >= 4 is 28.3 Å². The Hall–Kier alpha value is -3.02. The summed E-state index contributed by atoms with van der Waals surface area (Å²) in [6.45, 7) is 4.85. The predicted octanol–water partition coefficient (Wildman–Crippen LogP) is 3.95. The SMILES string of the molecule is CCCn1[nH]c(=O)c2cc(NC(=O)Nc3ccccc3CC)ccc21. The number of H-pyrrole nitrogens is 1. The molecule has 0 bridgehead atoms. The van der Waals surface area contributed by atoms with E-state index in [9.17, 15) is 9.59 Å². The van der Waals surface area contributed by atoms with Gasteiger partial charge in [0.1, 0.15) is 0 Å². The van der Waals surface area contributed by atoms with Gasteiger partial charge >= 0.3 is 6.03 Å².